The Morgan fingerprint density at radius 1 is 1.00 bits per heavy atom. The number of piperazine rings is 1. The number of carbonyl (C=O) groups excluding carboxylic acids is 2. The van der Waals surface area contributed by atoms with Gasteiger partial charge in [-0.1, -0.05) is 13.8 Å². The third-order valence-corrected chi connectivity index (χ3v) is 5.06. The van der Waals surface area contributed by atoms with E-state index in [2.05, 4.69) is 29.0 Å². The summed E-state index contributed by atoms with van der Waals surface area (Å²) >= 11 is 0. The lowest BCUT2D eigenvalue weighted by Crippen LogP contribution is -2.52. The van der Waals surface area contributed by atoms with E-state index in [1.54, 1.807) is 6.92 Å². The number of carbonyl (C=O) groups is 2. The highest BCUT2D eigenvalue weighted by Crippen LogP contribution is 2.19. The van der Waals surface area contributed by atoms with Crippen LogP contribution in [0, 0.1) is 5.92 Å². The minimum Gasteiger partial charge on any atom is -0.339 e. The molecule has 138 valence electrons. The molecule has 0 aromatic heterocycles. The lowest BCUT2D eigenvalue weighted by atomic mass is 9.95. The first-order valence-corrected chi connectivity index (χ1v) is 9.39. The van der Waals surface area contributed by atoms with Crippen molar-refractivity contribution < 1.29 is 9.59 Å². The number of nitrogens with one attached hydrogen (secondary N) is 1. The third-order valence-electron chi connectivity index (χ3n) is 5.06. The minimum atomic E-state index is 0.223. The molecule has 0 radical (unpaired) electrons. The van der Waals surface area contributed by atoms with Crippen LogP contribution in [0.15, 0.2) is 0 Å². The van der Waals surface area contributed by atoms with Crippen LogP contribution >= 0.6 is 0 Å². The van der Waals surface area contributed by atoms with Crippen LogP contribution in [0.4, 0.5) is 0 Å². The molecule has 2 heterocycles. The molecule has 2 aliphatic heterocycles. The zero-order valence-corrected chi connectivity index (χ0v) is 15.6. The molecule has 2 aliphatic rings. The van der Waals surface area contributed by atoms with E-state index in [1.807, 2.05) is 4.90 Å². The molecule has 0 atom stereocenters. The van der Waals surface area contributed by atoms with Gasteiger partial charge in [0.1, 0.15) is 5.78 Å². The lowest BCUT2D eigenvalue weighted by Gasteiger charge is -2.38. The summed E-state index contributed by atoms with van der Waals surface area (Å²) in [6.07, 6.45) is 2.37. The molecular weight excluding hydrogens is 304 g/mol. The van der Waals surface area contributed by atoms with Crippen molar-refractivity contribution in [2.75, 3.05) is 58.9 Å². The maximum atomic E-state index is 12.1. The quantitative estimate of drug-likeness (QED) is 0.730. The number of piperidine rings is 1. The van der Waals surface area contributed by atoms with Crippen LogP contribution in [0.3, 0.4) is 0 Å². The van der Waals surface area contributed by atoms with E-state index in [4.69, 9.17) is 0 Å². The summed E-state index contributed by atoms with van der Waals surface area (Å²) in [6.45, 7) is 13.8. The molecule has 6 heteroatoms. The summed E-state index contributed by atoms with van der Waals surface area (Å²) < 4.78 is 0. The highest BCUT2D eigenvalue weighted by atomic mass is 16.2. The number of ketones is 1. The van der Waals surface area contributed by atoms with Crippen molar-refractivity contribution in [3.05, 3.63) is 0 Å². The van der Waals surface area contributed by atoms with Crippen molar-refractivity contribution in [2.45, 2.75) is 39.7 Å². The number of hydrogen-bond acceptors (Lipinski definition) is 5. The molecule has 1 N–H and O–H groups in total. The standard InChI is InChI=1S/C18H34N4O2/c1-15(2)19-12-18(24)22-10-8-21(9-11-22)14-17-4-6-20(7-5-17)13-16(3)23/h15,17,19H,4-14H2,1-3H3. The first-order chi connectivity index (χ1) is 11.4. The Bertz CT molecular complexity index is 411. The maximum absolute atomic E-state index is 12.1. The second-order valence-corrected chi connectivity index (χ2v) is 7.64. The van der Waals surface area contributed by atoms with Crippen LogP contribution in [-0.4, -0.2) is 91.3 Å². The molecule has 0 bridgehead atoms. The Morgan fingerprint density at radius 3 is 2.17 bits per heavy atom. The predicted molar refractivity (Wildman–Crippen MR) is 96.0 cm³/mol. The smallest absolute Gasteiger partial charge is 0.236 e. The van der Waals surface area contributed by atoms with Crippen molar-refractivity contribution in [2.24, 2.45) is 5.92 Å². The molecule has 0 unspecified atom stereocenters. The molecule has 24 heavy (non-hydrogen) atoms. The number of likely N-dealkylation sites (tertiary alicyclic amines) is 1. The van der Waals surface area contributed by atoms with E-state index in [1.165, 1.54) is 12.8 Å². The average molecular weight is 338 g/mol. The number of amides is 1. The van der Waals surface area contributed by atoms with Crippen molar-refractivity contribution in [3.8, 4) is 0 Å². The lowest BCUT2D eigenvalue weighted by molar-refractivity contribution is -0.132. The molecule has 0 aromatic rings. The molecular formula is C18H34N4O2. The van der Waals surface area contributed by atoms with Gasteiger partial charge in [0.2, 0.25) is 5.91 Å². The van der Waals surface area contributed by atoms with Crippen molar-refractivity contribution in [1.29, 1.82) is 0 Å². The van der Waals surface area contributed by atoms with E-state index in [-0.39, 0.29) is 11.7 Å². The van der Waals surface area contributed by atoms with Gasteiger partial charge in [-0.05, 0) is 38.8 Å². The van der Waals surface area contributed by atoms with E-state index < -0.39 is 0 Å². The second-order valence-electron chi connectivity index (χ2n) is 7.64. The summed E-state index contributed by atoms with van der Waals surface area (Å²) in [6, 6.07) is 0.351. The van der Waals surface area contributed by atoms with Gasteiger partial charge in [-0.15, -0.1) is 0 Å². The van der Waals surface area contributed by atoms with Crippen molar-refractivity contribution in [3.63, 3.8) is 0 Å². The van der Waals surface area contributed by atoms with Gasteiger partial charge in [0.25, 0.3) is 0 Å². The highest BCUT2D eigenvalue weighted by molar-refractivity contribution is 5.78. The number of rotatable bonds is 7. The first kappa shape index (κ1) is 19.3. The SMILES string of the molecule is CC(=O)CN1CCC(CN2CCN(C(=O)CNC(C)C)CC2)CC1. The van der Waals surface area contributed by atoms with E-state index in [9.17, 15) is 9.59 Å². The molecule has 0 aromatic carbocycles. The molecule has 0 aliphatic carbocycles. The number of Topliss-reactive ketones (excluding diaryl/α,β-unsaturated/α-hetero) is 1. The fraction of sp³-hybridized carbons (Fsp3) is 0.889. The fourth-order valence-corrected chi connectivity index (χ4v) is 3.59. The molecule has 6 nitrogen and oxygen atoms in total. The maximum Gasteiger partial charge on any atom is 0.236 e. The van der Waals surface area contributed by atoms with Crippen LogP contribution in [0.2, 0.25) is 0 Å². The van der Waals surface area contributed by atoms with Crippen LogP contribution < -0.4 is 5.32 Å². The van der Waals surface area contributed by atoms with Crippen LogP contribution in [0.1, 0.15) is 33.6 Å². The van der Waals surface area contributed by atoms with Crippen LogP contribution in [-0.2, 0) is 9.59 Å². The Hall–Kier alpha value is -0.980. The Kier molecular flexibility index (Phi) is 7.65. The zero-order chi connectivity index (χ0) is 17.5. The highest BCUT2D eigenvalue weighted by Gasteiger charge is 2.25. The summed E-state index contributed by atoms with van der Waals surface area (Å²) in [4.78, 5) is 30.1. The summed E-state index contributed by atoms with van der Waals surface area (Å²) in [5, 5.41) is 3.20. The molecule has 0 saturated carbocycles. The second kappa shape index (κ2) is 9.49. The third kappa shape index (κ3) is 6.49. The van der Waals surface area contributed by atoms with Crippen LogP contribution in [0.25, 0.3) is 0 Å². The van der Waals surface area contributed by atoms with Crippen molar-refractivity contribution >= 4 is 11.7 Å². The average Bonchev–Trinajstić information content (AvgIpc) is 2.54. The van der Waals surface area contributed by atoms with Gasteiger partial charge in [-0.25, -0.2) is 0 Å². The fourth-order valence-electron chi connectivity index (χ4n) is 3.59. The van der Waals surface area contributed by atoms with Gasteiger partial charge in [0, 0.05) is 38.8 Å². The topological polar surface area (TPSA) is 55.9 Å². The Labute approximate surface area is 146 Å². The van der Waals surface area contributed by atoms with E-state index in [0.717, 1.165) is 51.7 Å². The van der Waals surface area contributed by atoms with Crippen LogP contribution in [0.5, 0.6) is 0 Å². The van der Waals surface area contributed by atoms with E-state index in [0.29, 0.717) is 19.1 Å². The van der Waals surface area contributed by atoms with Crippen molar-refractivity contribution in [1.82, 2.24) is 20.0 Å². The molecule has 0 spiro atoms. The summed E-state index contributed by atoms with van der Waals surface area (Å²) in [5.74, 6) is 1.22. The zero-order valence-electron chi connectivity index (χ0n) is 15.6. The number of nitrogens with zero attached hydrogens (tertiary/aromatic N) is 3. The van der Waals surface area contributed by atoms with E-state index >= 15 is 0 Å². The largest absolute Gasteiger partial charge is 0.339 e. The Morgan fingerprint density at radius 2 is 1.62 bits per heavy atom. The predicted octanol–water partition coefficient (Wildman–Crippen LogP) is 0.430. The normalized spacial score (nSPS) is 21.4. The first-order valence-electron chi connectivity index (χ1n) is 9.39. The van der Waals surface area contributed by atoms with Gasteiger partial charge in [0.05, 0.1) is 13.1 Å². The molecule has 2 saturated heterocycles. The Balaban J connectivity index is 1.63. The molecule has 2 fully saturated rings. The molecule has 2 rings (SSSR count). The number of hydrogen-bond donors (Lipinski definition) is 1. The van der Waals surface area contributed by atoms with Gasteiger partial charge in [-0.3, -0.25) is 19.4 Å². The monoisotopic (exact) mass is 338 g/mol. The summed E-state index contributed by atoms with van der Waals surface area (Å²) in [5.41, 5.74) is 0. The minimum absolute atomic E-state index is 0.223. The van der Waals surface area contributed by atoms with Gasteiger partial charge >= 0.3 is 0 Å². The van der Waals surface area contributed by atoms with Gasteiger partial charge in [-0.2, -0.15) is 0 Å². The van der Waals surface area contributed by atoms with Gasteiger partial charge < -0.3 is 10.2 Å². The molecule has 1 amide bonds. The summed E-state index contributed by atoms with van der Waals surface area (Å²) in [7, 11) is 0. The van der Waals surface area contributed by atoms with Gasteiger partial charge in [0.15, 0.2) is 0 Å².